The highest BCUT2D eigenvalue weighted by Crippen LogP contribution is 2.23. The Labute approximate surface area is 236 Å². The van der Waals surface area contributed by atoms with Crippen LogP contribution in [0.3, 0.4) is 0 Å². The number of nitrogens with zero attached hydrogens (tertiary/aromatic N) is 2. The number of benzene rings is 4. The molecule has 3 N–H and O–H groups in total. The summed E-state index contributed by atoms with van der Waals surface area (Å²) in [5.41, 5.74) is 9.58. The third-order valence-electron chi connectivity index (χ3n) is 5.94. The van der Waals surface area contributed by atoms with Gasteiger partial charge in [0.05, 0.1) is 12.4 Å². The fourth-order valence-corrected chi connectivity index (χ4v) is 3.91. The molecule has 0 unspecified atom stereocenters. The average Bonchev–Trinajstić information content (AvgIpc) is 2.97. The van der Waals surface area contributed by atoms with Crippen LogP contribution in [0.25, 0.3) is 0 Å². The van der Waals surface area contributed by atoms with Crippen molar-refractivity contribution in [2.75, 3.05) is 0 Å². The number of nitrogens with one attached hydrogen (secondary N) is 3. The van der Waals surface area contributed by atoms with Gasteiger partial charge in [-0.1, -0.05) is 51.0 Å². The second-order valence-corrected chi connectivity index (χ2v) is 9.25. The molecular formula is C33H35N5O2. The van der Waals surface area contributed by atoms with Gasteiger partial charge in [0, 0.05) is 0 Å². The first-order chi connectivity index (χ1) is 19.6. The molecule has 0 aromatic heterocycles. The smallest absolute Gasteiger partial charge is 0.230 e. The lowest BCUT2D eigenvalue weighted by Crippen LogP contribution is -2.29. The summed E-state index contributed by atoms with van der Waals surface area (Å²) in [5.74, 6) is 3.06. The van der Waals surface area contributed by atoms with E-state index in [4.69, 9.17) is 14.9 Å². The minimum atomic E-state index is -0.0505. The molecule has 0 bridgehead atoms. The maximum atomic E-state index is 7.93. The van der Waals surface area contributed by atoms with Crippen LogP contribution in [0.4, 0.5) is 0 Å². The molecular weight excluding hydrogens is 498 g/mol. The Morgan fingerprint density at radius 3 is 1.23 bits per heavy atom. The SMILES string of the molecule is CCCc1ccc(Oc2ccc(/C=N/NC(=N)N/N=C/c3ccc(Oc4ccc(CCC)cc4)cc3)cc2)cc1. The maximum absolute atomic E-state index is 7.93. The van der Waals surface area contributed by atoms with E-state index in [1.807, 2.05) is 72.8 Å². The Balaban J connectivity index is 1.18. The predicted molar refractivity (Wildman–Crippen MR) is 163 cm³/mol. The van der Waals surface area contributed by atoms with E-state index in [0.29, 0.717) is 0 Å². The molecule has 0 aliphatic carbocycles. The highest BCUT2D eigenvalue weighted by molar-refractivity contribution is 5.84. The van der Waals surface area contributed by atoms with Crippen molar-refractivity contribution in [1.82, 2.24) is 10.9 Å². The number of rotatable bonds is 12. The number of aryl methyl sites for hydroxylation is 2. The molecule has 204 valence electrons. The summed E-state index contributed by atoms with van der Waals surface area (Å²) in [6.07, 6.45) is 7.64. The zero-order chi connectivity index (χ0) is 28.0. The molecule has 4 aromatic rings. The molecule has 0 aliphatic rings. The van der Waals surface area contributed by atoms with Crippen LogP contribution in [-0.2, 0) is 12.8 Å². The van der Waals surface area contributed by atoms with E-state index in [0.717, 1.165) is 59.8 Å². The van der Waals surface area contributed by atoms with Gasteiger partial charge in [-0.3, -0.25) is 5.41 Å². The molecule has 0 saturated carbocycles. The maximum Gasteiger partial charge on any atom is 0.230 e. The van der Waals surface area contributed by atoms with E-state index in [-0.39, 0.29) is 5.96 Å². The largest absolute Gasteiger partial charge is 0.457 e. The second-order valence-electron chi connectivity index (χ2n) is 9.25. The van der Waals surface area contributed by atoms with Crippen LogP contribution in [0.2, 0.25) is 0 Å². The minimum absolute atomic E-state index is 0.0505. The summed E-state index contributed by atoms with van der Waals surface area (Å²) < 4.78 is 11.8. The van der Waals surface area contributed by atoms with Crippen LogP contribution in [0.1, 0.15) is 48.9 Å². The van der Waals surface area contributed by atoms with E-state index < -0.39 is 0 Å². The molecule has 0 atom stereocenters. The zero-order valence-electron chi connectivity index (χ0n) is 22.9. The lowest BCUT2D eigenvalue weighted by molar-refractivity contribution is 0.482. The summed E-state index contributed by atoms with van der Waals surface area (Å²) in [6, 6.07) is 31.5. The Morgan fingerprint density at radius 1 is 0.575 bits per heavy atom. The Bertz CT molecular complexity index is 1290. The molecule has 4 aromatic carbocycles. The number of hydrogen-bond donors (Lipinski definition) is 3. The van der Waals surface area contributed by atoms with E-state index >= 15 is 0 Å². The third kappa shape index (κ3) is 9.13. The van der Waals surface area contributed by atoms with Gasteiger partial charge in [-0.25, -0.2) is 10.9 Å². The number of ether oxygens (including phenoxy) is 2. The van der Waals surface area contributed by atoms with E-state index in [1.54, 1.807) is 12.4 Å². The van der Waals surface area contributed by atoms with Gasteiger partial charge in [0.1, 0.15) is 23.0 Å². The normalized spacial score (nSPS) is 11.1. The molecule has 0 aliphatic heterocycles. The van der Waals surface area contributed by atoms with Crippen LogP contribution in [0, 0.1) is 5.41 Å². The average molecular weight is 534 g/mol. The molecule has 0 spiro atoms. The van der Waals surface area contributed by atoms with Crippen LogP contribution in [0.15, 0.2) is 107 Å². The van der Waals surface area contributed by atoms with Gasteiger partial charge in [-0.2, -0.15) is 10.2 Å². The first-order valence-corrected chi connectivity index (χ1v) is 13.5. The van der Waals surface area contributed by atoms with Gasteiger partial charge in [0.25, 0.3) is 0 Å². The van der Waals surface area contributed by atoms with Crippen molar-refractivity contribution in [3.05, 3.63) is 119 Å². The van der Waals surface area contributed by atoms with Gasteiger partial charge >= 0.3 is 0 Å². The minimum Gasteiger partial charge on any atom is -0.457 e. The standard InChI is InChI=1S/C33H35N5O2/c1-3-5-25-7-15-29(16-8-25)39-31-19-11-27(12-20-31)23-35-37-33(34)38-36-24-28-13-21-32(22-14-28)40-30-17-9-26(6-4-2)10-18-30/h7-24H,3-6H2,1-2H3,(H3,34,37,38)/b35-23+,36-24+. The van der Waals surface area contributed by atoms with Crippen molar-refractivity contribution >= 4 is 18.4 Å². The quantitative estimate of drug-likeness (QED) is 0.0990. The molecule has 40 heavy (non-hydrogen) atoms. The van der Waals surface area contributed by atoms with Crippen molar-refractivity contribution in [3.63, 3.8) is 0 Å². The monoisotopic (exact) mass is 533 g/mol. The fourth-order valence-electron chi connectivity index (χ4n) is 3.91. The van der Waals surface area contributed by atoms with Gasteiger partial charge < -0.3 is 9.47 Å². The summed E-state index contributed by atoms with van der Waals surface area (Å²) >= 11 is 0. The Morgan fingerprint density at radius 2 is 0.900 bits per heavy atom. The molecule has 0 fully saturated rings. The summed E-state index contributed by atoms with van der Waals surface area (Å²) in [5, 5.41) is 16.1. The Hall–Kier alpha value is -4.91. The van der Waals surface area contributed by atoms with Crippen molar-refractivity contribution in [1.29, 1.82) is 5.41 Å². The van der Waals surface area contributed by atoms with E-state index in [9.17, 15) is 0 Å². The fraction of sp³-hybridized carbons (Fsp3) is 0.182. The molecule has 0 saturated heterocycles. The molecule has 0 radical (unpaired) electrons. The zero-order valence-corrected chi connectivity index (χ0v) is 22.9. The molecule has 4 rings (SSSR count). The van der Waals surface area contributed by atoms with E-state index in [1.165, 1.54) is 11.1 Å². The highest BCUT2D eigenvalue weighted by atomic mass is 16.5. The van der Waals surface area contributed by atoms with Crippen molar-refractivity contribution in [2.24, 2.45) is 10.2 Å². The van der Waals surface area contributed by atoms with Crippen molar-refractivity contribution in [2.45, 2.75) is 39.5 Å². The number of hydrogen-bond acceptors (Lipinski definition) is 5. The Kier molecular flexibility index (Phi) is 10.5. The highest BCUT2D eigenvalue weighted by Gasteiger charge is 2.00. The van der Waals surface area contributed by atoms with Crippen LogP contribution in [0.5, 0.6) is 23.0 Å². The van der Waals surface area contributed by atoms with Gasteiger partial charge in [0.15, 0.2) is 0 Å². The summed E-state index contributed by atoms with van der Waals surface area (Å²) in [7, 11) is 0. The first-order valence-electron chi connectivity index (χ1n) is 13.5. The van der Waals surface area contributed by atoms with Gasteiger partial charge in [0.2, 0.25) is 5.96 Å². The first kappa shape index (κ1) is 28.1. The predicted octanol–water partition coefficient (Wildman–Crippen LogP) is 7.66. The number of guanidine groups is 1. The van der Waals surface area contributed by atoms with Crippen molar-refractivity contribution < 1.29 is 9.47 Å². The lowest BCUT2D eigenvalue weighted by atomic mass is 10.1. The molecule has 7 nitrogen and oxygen atoms in total. The van der Waals surface area contributed by atoms with Gasteiger partial charge in [-0.05, 0) is 108 Å². The van der Waals surface area contributed by atoms with E-state index in [2.05, 4.69) is 59.2 Å². The van der Waals surface area contributed by atoms with Crippen molar-refractivity contribution in [3.8, 4) is 23.0 Å². The number of hydrazone groups is 2. The molecule has 7 heteroatoms. The van der Waals surface area contributed by atoms with Crippen LogP contribution < -0.4 is 20.3 Å². The molecule has 0 heterocycles. The van der Waals surface area contributed by atoms with Crippen LogP contribution >= 0.6 is 0 Å². The second kappa shape index (κ2) is 14.9. The topological polar surface area (TPSA) is 91.1 Å². The van der Waals surface area contributed by atoms with Gasteiger partial charge in [-0.15, -0.1) is 0 Å². The summed E-state index contributed by atoms with van der Waals surface area (Å²) in [4.78, 5) is 0. The summed E-state index contributed by atoms with van der Waals surface area (Å²) in [6.45, 7) is 4.34. The third-order valence-corrected chi connectivity index (χ3v) is 5.94. The van der Waals surface area contributed by atoms with Crippen LogP contribution in [-0.4, -0.2) is 18.4 Å². The lowest BCUT2D eigenvalue weighted by Gasteiger charge is -2.07. The molecule has 0 amide bonds.